The highest BCUT2D eigenvalue weighted by Crippen LogP contribution is 2.38. The third-order valence-electron chi connectivity index (χ3n) is 4.12. The van der Waals surface area contributed by atoms with E-state index in [2.05, 4.69) is 44.0 Å². The van der Waals surface area contributed by atoms with Crippen LogP contribution in [0, 0.1) is 6.92 Å². The normalized spacial score (nSPS) is 13.2. The maximum atomic E-state index is 6.26. The Balaban J connectivity index is 2.34. The number of aromatic nitrogens is 2. The summed E-state index contributed by atoms with van der Waals surface area (Å²) in [5.74, 6) is 0. The molecule has 110 valence electrons. The first kappa shape index (κ1) is 15.5. The molecule has 0 saturated heterocycles. The Hall–Kier alpha value is -0.913. The molecule has 2 rings (SSSR count). The monoisotopic (exact) mass is 312 g/mol. The number of hydrogen-bond donors (Lipinski definition) is 0. The summed E-state index contributed by atoms with van der Waals surface area (Å²) in [6.45, 7) is 13.4. The van der Waals surface area contributed by atoms with E-state index in [1.165, 1.54) is 0 Å². The second kappa shape index (κ2) is 5.13. The quantitative estimate of drug-likeness (QED) is 0.608. The van der Waals surface area contributed by atoms with Crippen molar-refractivity contribution >= 4 is 30.9 Å². The molecule has 0 unspecified atom stereocenters. The van der Waals surface area contributed by atoms with E-state index in [-0.39, 0.29) is 5.04 Å². The zero-order valence-corrected chi connectivity index (χ0v) is 14.6. The van der Waals surface area contributed by atoms with Gasteiger partial charge in [0.25, 0.3) is 0 Å². The van der Waals surface area contributed by atoms with E-state index < -0.39 is 8.32 Å². The minimum atomic E-state index is -1.83. The van der Waals surface area contributed by atoms with Gasteiger partial charge in [0.1, 0.15) is 5.15 Å². The van der Waals surface area contributed by atoms with Crippen molar-refractivity contribution in [2.45, 2.75) is 52.4 Å². The van der Waals surface area contributed by atoms with Crippen LogP contribution in [0.3, 0.4) is 0 Å². The van der Waals surface area contributed by atoms with Gasteiger partial charge in [-0.25, -0.2) is 4.98 Å². The minimum Gasteiger partial charge on any atom is -0.412 e. The number of rotatable bonds is 3. The molecule has 0 fully saturated rings. The molecule has 0 amide bonds. The summed E-state index contributed by atoms with van der Waals surface area (Å²) in [4.78, 5) is 4.30. The maximum Gasteiger partial charge on any atom is 0.192 e. The van der Waals surface area contributed by atoms with Crippen LogP contribution in [-0.2, 0) is 11.0 Å². The van der Waals surface area contributed by atoms with Gasteiger partial charge in [-0.05, 0) is 25.1 Å². The van der Waals surface area contributed by atoms with Crippen molar-refractivity contribution in [3.63, 3.8) is 0 Å². The molecule has 0 spiro atoms. The number of aryl methyl sites for hydroxylation is 1. The maximum absolute atomic E-state index is 6.26. The van der Waals surface area contributed by atoms with Gasteiger partial charge >= 0.3 is 0 Å². The fraction of sp³-hybridized carbons (Fsp3) is 0.571. The molecule has 2 aromatic heterocycles. The van der Waals surface area contributed by atoms with Crippen molar-refractivity contribution in [1.82, 2.24) is 10.1 Å². The summed E-state index contributed by atoms with van der Waals surface area (Å²) in [6, 6.07) is 0. The molecule has 0 atom stereocenters. The highest BCUT2D eigenvalue weighted by Gasteiger charge is 2.37. The van der Waals surface area contributed by atoms with E-state index in [4.69, 9.17) is 20.6 Å². The molecule has 0 bridgehead atoms. The fourth-order valence-electron chi connectivity index (χ4n) is 1.70. The second-order valence-corrected chi connectivity index (χ2v) is 11.8. The first-order chi connectivity index (χ1) is 9.13. The van der Waals surface area contributed by atoms with Crippen LogP contribution in [0.25, 0.3) is 11.0 Å². The zero-order chi connectivity index (χ0) is 15.1. The molecule has 6 heteroatoms. The molecular weight excluding hydrogens is 292 g/mol. The lowest BCUT2D eigenvalue weighted by Crippen LogP contribution is -2.40. The van der Waals surface area contributed by atoms with E-state index in [1.807, 2.05) is 6.92 Å². The molecule has 0 aliphatic carbocycles. The first-order valence-corrected chi connectivity index (χ1v) is 9.95. The molecule has 0 aromatic carbocycles. The van der Waals surface area contributed by atoms with Crippen molar-refractivity contribution in [2.75, 3.05) is 0 Å². The van der Waals surface area contributed by atoms with Crippen LogP contribution >= 0.6 is 11.6 Å². The Morgan fingerprint density at radius 3 is 2.60 bits per heavy atom. The largest absolute Gasteiger partial charge is 0.412 e. The summed E-state index contributed by atoms with van der Waals surface area (Å²) < 4.78 is 11.5. The predicted molar refractivity (Wildman–Crippen MR) is 83.5 cm³/mol. The van der Waals surface area contributed by atoms with Crippen LogP contribution in [0.2, 0.25) is 23.3 Å². The van der Waals surface area contributed by atoms with Crippen molar-refractivity contribution in [2.24, 2.45) is 0 Å². The van der Waals surface area contributed by atoms with Crippen molar-refractivity contribution in [3.05, 3.63) is 22.6 Å². The van der Waals surface area contributed by atoms with Gasteiger partial charge < -0.3 is 8.95 Å². The molecule has 0 N–H and O–H groups in total. The predicted octanol–water partition coefficient (Wildman–Crippen LogP) is 4.71. The molecular formula is C14H21ClN2O2Si. The third kappa shape index (κ3) is 2.75. The Bertz CT molecular complexity index is 632. The summed E-state index contributed by atoms with van der Waals surface area (Å²) in [7, 11) is -1.83. The summed E-state index contributed by atoms with van der Waals surface area (Å²) in [6.07, 6.45) is 1.68. The number of fused-ring (bicyclic) bond motifs is 1. The van der Waals surface area contributed by atoms with Crippen LogP contribution in [-0.4, -0.2) is 18.5 Å². The Labute approximate surface area is 125 Å². The lowest BCUT2D eigenvalue weighted by Gasteiger charge is -2.36. The fourth-order valence-corrected chi connectivity index (χ4v) is 2.92. The third-order valence-corrected chi connectivity index (χ3v) is 8.91. The van der Waals surface area contributed by atoms with Gasteiger partial charge in [-0.3, -0.25) is 0 Å². The van der Waals surface area contributed by atoms with E-state index in [0.717, 1.165) is 16.6 Å². The lowest BCUT2D eigenvalue weighted by molar-refractivity contribution is 0.277. The standard InChI is InChI=1S/C14H21ClN2O2Si/c1-9-12-10(7-16-19-12)11(13(15)17-9)8-18-20(5,6)14(2,3)4/h7H,8H2,1-6H3. The zero-order valence-electron chi connectivity index (χ0n) is 12.9. The average Bonchev–Trinajstić information content (AvgIpc) is 2.76. The van der Waals surface area contributed by atoms with Gasteiger partial charge in [-0.2, -0.15) is 0 Å². The van der Waals surface area contributed by atoms with Crippen molar-refractivity contribution in [1.29, 1.82) is 0 Å². The van der Waals surface area contributed by atoms with Crippen molar-refractivity contribution < 1.29 is 8.95 Å². The Morgan fingerprint density at radius 2 is 2.00 bits per heavy atom. The molecule has 0 aliphatic heterocycles. The number of hydrogen-bond acceptors (Lipinski definition) is 4. The van der Waals surface area contributed by atoms with E-state index >= 15 is 0 Å². The lowest BCUT2D eigenvalue weighted by atomic mass is 10.2. The summed E-state index contributed by atoms with van der Waals surface area (Å²) >= 11 is 6.26. The molecule has 0 radical (unpaired) electrons. The molecule has 2 aromatic rings. The van der Waals surface area contributed by atoms with Crippen LogP contribution in [0.5, 0.6) is 0 Å². The summed E-state index contributed by atoms with van der Waals surface area (Å²) in [5, 5.41) is 5.36. The molecule has 4 nitrogen and oxygen atoms in total. The molecule has 2 heterocycles. The highest BCUT2D eigenvalue weighted by atomic mass is 35.5. The van der Waals surface area contributed by atoms with Crippen LogP contribution in [0.4, 0.5) is 0 Å². The topological polar surface area (TPSA) is 48.2 Å². The summed E-state index contributed by atoms with van der Waals surface area (Å²) in [5.41, 5.74) is 2.29. The van der Waals surface area contributed by atoms with E-state index in [9.17, 15) is 0 Å². The second-order valence-electron chi connectivity index (χ2n) is 6.58. The minimum absolute atomic E-state index is 0.158. The van der Waals surface area contributed by atoms with Crippen molar-refractivity contribution in [3.8, 4) is 0 Å². The molecule has 0 saturated carbocycles. The molecule has 20 heavy (non-hydrogen) atoms. The number of halogens is 1. The smallest absolute Gasteiger partial charge is 0.192 e. The SMILES string of the molecule is Cc1nc(Cl)c(CO[Si](C)(C)C(C)(C)C)c2cnoc12. The Kier molecular flexibility index (Phi) is 3.97. The van der Waals surface area contributed by atoms with Gasteiger partial charge in [0.2, 0.25) is 0 Å². The number of nitrogens with zero attached hydrogens (tertiary/aromatic N) is 2. The van der Waals surface area contributed by atoms with Crippen LogP contribution in [0.15, 0.2) is 10.7 Å². The number of pyridine rings is 1. The van der Waals surface area contributed by atoms with Gasteiger partial charge in [0, 0.05) is 5.56 Å². The van der Waals surface area contributed by atoms with Gasteiger partial charge in [0.15, 0.2) is 13.9 Å². The highest BCUT2D eigenvalue weighted by molar-refractivity contribution is 6.74. The molecule has 0 aliphatic rings. The average molecular weight is 313 g/mol. The first-order valence-electron chi connectivity index (χ1n) is 6.67. The van der Waals surface area contributed by atoms with Gasteiger partial charge in [-0.15, -0.1) is 0 Å². The Morgan fingerprint density at radius 1 is 1.35 bits per heavy atom. The van der Waals surface area contributed by atoms with Gasteiger partial charge in [-0.1, -0.05) is 37.5 Å². The van der Waals surface area contributed by atoms with E-state index in [1.54, 1.807) is 6.20 Å². The van der Waals surface area contributed by atoms with E-state index in [0.29, 0.717) is 17.3 Å². The van der Waals surface area contributed by atoms with Crippen LogP contribution in [0.1, 0.15) is 32.0 Å². The van der Waals surface area contributed by atoms with Crippen LogP contribution < -0.4 is 0 Å². The van der Waals surface area contributed by atoms with Gasteiger partial charge in [0.05, 0.1) is 23.9 Å².